The summed E-state index contributed by atoms with van der Waals surface area (Å²) in [5.74, 6) is 0.687. The van der Waals surface area contributed by atoms with E-state index in [1.807, 2.05) is 36.4 Å². The van der Waals surface area contributed by atoms with Crippen LogP contribution in [0.5, 0.6) is 5.75 Å². The summed E-state index contributed by atoms with van der Waals surface area (Å²) in [7, 11) is -1.06. The number of hydrogen-bond donors (Lipinski definition) is 5. The lowest BCUT2D eigenvalue weighted by atomic mass is 9.98. The Morgan fingerprint density at radius 1 is 0.912 bits per heavy atom. The molecule has 6 aromatic rings. The van der Waals surface area contributed by atoms with Gasteiger partial charge in [0.05, 0.1) is 39.7 Å². The number of carbonyl (C=O) groups excluding carboxylic acids is 2. The number of pyridine rings is 1. The SMILES string of the molecule is CCc1ccc2c(P(C)(C)=O)c(Nc3nc(Nc4cc(CC)c(N5CCC(NCCNCC6CN(c7cccc8c7oc(=O)n8C7CCC(=O)NC7=O)C6)CC5)cc4OC)ncc3Br)ccc2n1. The number of methoxy groups -OCH3 is 1. The van der Waals surface area contributed by atoms with Crippen molar-refractivity contribution in [3.8, 4) is 5.75 Å². The number of aryl methyl sites for hydroxylation is 2. The van der Waals surface area contributed by atoms with Gasteiger partial charge in [-0.05, 0) is 103 Å². The summed E-state index contributed by atoms with van der Waals surface area (Å²) in [5.41, 5.74) is 7.53. The first-order valence-electron chi connectivity index (χ1n) is 23.5. The number of hydrogen-bond acceptors (Lipinski definition) is 15. The number of amides is 2. The largest absolute Gasteiger partial charge is 0.494 e. The van der Waals surface area contributed by atoms with E-state index in [4.69, 9.17) is 19.1 Å². The monoisotopic (exact) mass is 1010 g/mol. The molecule has 68 heavy (non-hydrogen) atoms. The van der Waals surface area contributed by atoms with E-state index in [2.05, 4.69) is 83.3 Å². The Morgan fingerprint density at radius 3 is 2.46 bits per heavy atom. The summed E-state index contributed by atoms with van der Waals surface area (Å²) in [6.07, 6.45) is 5.86. The smallest absolute Gasteiger partial charge is 0.420 e. The fourth-order valence-electron chi connectivity index (χ4n) is 9.74. The molecule has 19 heteroatoms. The Kier molecular flexibility index (Phi) is 13.9. The van der Waals surface area contributed by atoms with E-state index in [0.717, 1.165) is 105 Å². The zero-order valence-electron chi connectivity index (χ0n) is 39.2. The summed E-state index contributed by atoms with van der Waals surface area (Å²) in [4.78, 5) is 56.0. The van der Waals surface area contributed by atoms with E-state index in [-0.39, 0.29) is 18.7 Å². The van der Waals surface area contributed by atoms with Crippen molar-refractivity contribution in [1.82, 2.24) is 35.5 Å². The third-order valence-electron chi connectivity index (χ3n) is 13.3. The number of nitrogens with one attached hydrogen (secondary N) is 5. The highest BCUT2D eigenvalue weighted by molar-refractivity contribution is 9.10. The van der Waals surface area contributed by atoms with Gasteiger partial charge in [-0.1, -0.05) is 26.0 Å². The Labute approximate surface area is 403 Å². The van der Waals surface area contributed by atoms with Gasteiger partial charge in [-0.15, -0.1) is 0 Å². The van der Waals surface area contributed by atoms with Crippen molar-refractivity contribution < 1.29 is 23.3 Å². The maximum Gasteiger partial charge on any atom is 0.420 e. The number of piperidine rings is 2. The minimum absolute atomic E-state index is 0.183. The zero-order chi connectivity index (χ0) is 47.7. The summed E-state index contributed by atoms with van der Waals surface area (Å²) < 4.78 is 27.4. The molecule has 6 heterocycles. The second-order valence-electron chi connectivity index (χ2n) is 18.2. The van der Waals surface area contributed by atoms with Crippen LogP contribution in [0.3, 0.4) is 0 Å². The van der Waals surface area contributed by atoms with E-state index in [1.54, 1.807) is 32.7 Å². The summed E-state index contributed by atoms with van der Waals surface area (Å²) in [6, 6.07) is 17.4. The molecule has 2 amide bonds. The maximum atomic E-state index is 13.7. The topological polar surface area (TPSA) is 201 Å². The van der Waals surface area contributed by atoms with E-state index in [9.17, 15) is 18.9 Å². The number of imide groups is 1. The van der Waals surface area contributed by atoms with E-state index in [0.29, 0.717) is 50.7 Å². The highest BCUT2D eigenvalue weighted by Gasteiger charge is 2.34. The van der Waals surface area contributed by atoms with Gasteiger partial charge < -0.3 is 44.8 Å². The zero-order valence-corrected chi connectivity index (χ0v) is 41.6. The second-order valence-corrected chi connectivity index (χ2v) is 22.2. The average Bonchev–Trinajstić information content (AvgIpc) is 3.65. The number of oxazole rings is 1. The predicted molar refractivity (Wildman–Crippen MR) is 273 cm³/mol. The fourth-order valence-corrected chi connectivity index (χ4v) is 11.5. The van der Waals surface area contributed by atoms with Crippen LogP contribution in [-0.4, -0.2) is 104 Å². The third-order valence-corrected chi connectivity index (χ3v) is 15.4. The number of nitrogens with zero attached hydrogens (tertiary/aromatic N) is 6. The molecule has 3 aromatic heterocycles. The predicted octanol–water partition coefficient (Wildman–Crippen LogP) is 6.83. The summed E-state index contributed by atoms with van der Waals surface area (Å²) in [6.45, 7) is 13.9. The Bertz CT molecular complexity index is 2980. The standard InChI is InChI=1S/C49H59BrN11O6P/c1-6-30-23-37(56-48-53-26-34(50)46(58-48)55-36-14-13-35-33(45(36)68(4,5)65)12-11-31(7-2)54-35)42(66-3)24-41(30)59-21-17-32(18-22-59)52-20-19-51-25-29-27-60(28-29)38-9-8-10-39-44(38)67-49(64)61(39)40-15-16-43(62)57-47(40)63/h8-14,23-24,26,29,32,40,51-52H,6-7,15-22,25,27-28H2,1-5H3,(H,57,62,63)(H2,53,55,56,58). The van der Waals surface area contributed by atoms with Crippen molar-refractivity contribution in [2.75, 3.05) is 86.7 Å². The number of halogens is 1. The molecule has 1 unspecified atom stereocenters. The van der Waals surface area contributed by atoms with Crippen molar-refractivity contribution in [2.45, 2.75) is 64.5 Å². The molecule has 3 fully saturated rings. The van der Waals surface area contributed by atoms with Gasteiger partial charge in [0.25, 0.3) is 0 Å². The molecule has 5 N–H and O–H groups in total. The Hall–Kier alpha value is -5.81. The molecule has 3 aliphatic heterocycles. The lowest BCUT2D eigenvalue weighted by Gasteiger charge is -2.41. The number of anilines is 6. The normalized spacial score (nSPS) is 17.2. The molecule has 0 saturated carbocycles. The van der Waals surface area contributed by atoms with Crippen LogP contribution in [0, 0.1) is 5.92 Å². The highest BCUT2D eigenvalue weighted by Crippen LogP contribution is 2.43. The van der Waals surface area contributed by atoms with Crippen LogP contribution >= 0.6 is 23.1 Å². The molecule has 0 radical (unpaired) electrons. The molecule has 358 valence electrons. The number of ether oxygens (including phenoxy) is 1. The first kappa shape index (κ1) is 47.3. The van der Waals surface area contributed by atoms with Crippen LogP contribution in [-0.2, 0) is 27.0 Å². The lowest BCUT2D eigenvalue weighted by Crippen LogP contribution is -2.51. The third kappa shape index (κ3) is 9.87. The van der Waals surface area contributed by atoms with Crippen LogP contribution in [0.4, 0.5) is 34.5 Å². The molecular weight excluding hydrogens is 949 g/mol. The number of benzene rings is 3. The van der Waals surface area contributed by atoms with Gasteiger partial charge in [0.1, 0.15) is 24.8 Å². The fraction of sp³-hybridized carbons (Fsp3) is 0.429. The van der Waals surface area contributed by atoms with Gasteiger partial charge >= 0.3 is 5.76 Å². The molecule has 0 aliphatic carbocycles. The van der Waals surface area contributed by atoms with Gasteiger partial charge in [0, 0.05) is 98.5 Å². The van der Waals surface area contributed by atoms with Gasteiger partial charge in [-0.25, -0.2) is 9.78 Å². The van der Waals surface area contributed by atoms with E-state index >= 15 is 0 Å². The van der Waals surface area contributed by atoms with Crippen LogP contribution in [0.1, 0.15) is 56.8 Å². The van der Waals surface area contributed by atoms with Crippen LogP contribution in [0.2, 0.25) is 0 Å². The molecule has 9 rings (SSSR count). The van der Waals surface area contributed by atoms with Gasteiger partial charge in [0.2, 0.25) is 17.8 Å². The van der Waals surface area contributed by atoms with Gasteiger partial charge in [-0.2, -0.15) is 4.98 Å². The lowest BCUT2D eigenvalue weighted by molar-refractivity contribution is -0.135. The molecular formula is C49H59BrN11O6P. The molecule has 3 aliphatic rings. The number of para-hydroxylation sites is 1. The molecule has 17 nitrogen and oxygen atoms in total. The molecule has 0 bridgehead atoms. The molecule has 0 spiro atoms. The van der Waals surface area contributed by atoms with Crippen molar-refractivity contribution in [2.24, 2.45) is 5.92 Å². The minimum Gasteiger partial charge on any atom is -0.494 e. The first-order valence-corrected chi connectivity index (χ1v) is 26.9. The van der Waals surface area contributed by atoms with E-state index < -0.39 is 24.8 Å². The average molecular weight is 1010 g/mol. The summed E-state index contributed by atoms with van der Waals surface area (Å²) >= 11 is 3.62. The number of fused-ring (bicyclic) bond motifs is 2. The van der Waals surface area contributed by atoms with Gasteiger partial charge in [0.15, 0.2) is 5.58 Å². The molecule has 1 atom stereocenters. The Morgan fingerprint density at radius 2 is 1.72 bits per heavy atom. The van der Waals surface area contributed by atoms with Crippen LogP contribution < -0.4 is 52.2 Å². The van der Waals surface area contributed by atoms with Crippen molar-refractivity contribution in [3.05, 3.63) is 87.1 Å². The minimum atomic E-state index is -2.74. The van der Waals surface area contributed by atoms with Crippen molar-refractivity contribution in [3.63, 3.8) is 0 Å². The van der Waals surface area contributed by atoms with E-state index in [1.165, 1.54) is 15.8 Å². The van der Waals surface area contributed by atoms with Crippen molar-refractivity contribution in [1.29, 1.82) is 0 Å². The summed E-state index contributed by atoms with van der Waals surface area (Å²) in [5, 5.41) is 18.2. The first-order chi connectivity index (χ1) is 32.8. The van der Waals surface area contributed by atoms with Crippen LogP contribution in [0.15, 0.2) is 74.5 Å². The molecule has 3 saturated heterocycles. The van der Waals surface area contributed by atoms with Crippen molar-refractivity contribution >= 4 is 96.7 Å². The van der Waals surface area contributed by atoms with Crippen LogP contribution in [0.25, 0.3) is 22.0 Å². The Balaban J connectivity index is 0.760. The quantitative estimate of drug-likeness (QED) is 0.0362. The number of carbonyl (C=O) groups is 2. The highest BCUT2D eigenvalue weighted by atomic mass is 79.9. The second kappa shape index (κ2) is 20.0. The van der Waals surface area contributed by atoms with Gasteiger partial charge in [-0.3, -0.25) is 24.5 Å². The maximum absolute atomic E-state index is 13.7. The number of aromatic nitrogens is 4. The molecule has 3 aromatic carbocycles. The number of rotatable bonds is 17.